The van der Waals surface area contributed by atoms with E-state index in [0.717, 1.165) is 31.4 Å². The molecule has 7 nitrogen and oxygen atoms in total. The lowest BCUT2D eigenvalue weighted by molar-refractivity contribution is -0.131. The molecule has 0 aromatic heterocycles. The predicted octanol–water partition coefficient (Wildman–Crippen LogP) is 6.17. The molecule has 10 heteroatoms. The Balaban J connectivity index is 0. The van der Waals surface area contributed by atoms with Gasteiger partial charge in [-0.2, -0.15) is 23.5 Å². The molecule has 0 saturated carbocycles. The molecule has 1 aromatic rings. The number of aromatic hydroxyl groups is 1. The summed E-state index contributed by atoms with van der Waals surface area (Å²) in [6, 6.07) is 4.48. The minimum atomic E-state index is -0.711. The van der Waals surface area contributed by atoms with Crippen LogP contribution in [0, 0.1) is 5.92 Å². The van der Waals surface area contributed by atoms with E-state index in [0.29, 0.717) is 12.1 Å². The van der Waals surface area contributed by atoms with E-state index >= 15 is 0 Å². The van der Waals surface area contributed by atoms with E-state index in [1.54, 1.807) is 38.1 Å². The Labute approximate surface area is 256 Å². The summed E-state index contributed by atoms with van der Waals surface area (Å²) in [5, 5.41) is 42.3. The maximum atomic E-state index is 11.3. The van der Waals surface area contributed by atoms with Crippen molar-refractivity contribution < 1.29 is 30.0 Å². The fraction of sp³-hybridized carbons (Fsp3) is 0.700. The second-order valence-electron chi connectivity index (χ2n) is 9.07. The number of aliphatic hydroxyl groups is 3. The van der Waals surface area contributed by atoms with Crippen LogP contribution in [0.25, 0.3) is 0 Å². The number of benzene rings is 1. The number of phenolic OH excluding ortho intramolecular Hbond substituents is 1. The molecule has 0 aliphatic carbocycles. The fourth-order valence-electron chi connectivity index (χ4n) is 3.65. The largest absolute Gasteiger partial charge is 0.504 e. The van der Waals surface area contributed by atoms with Crippen LogP contribution in [0.15, 0.2) is 30.4 Å². The number of rotatable bonds is 17. The molecule has 0 amide bonds. The number of likely N-dealkylation sites (N-methyl/N-ethyl adjacent to an activating group) is 1. The lowest BCUT2D eigenvalue weighted by atomic mass is 9.95. The summed E-state index contributed by atoms with van der Waals surface area (Å²) in [7, 11) is 1.72. The monoisotopic (exact) mass is 623 g/mol. The number of alkyl halides is 1. The molecule has 4 unspecified atom stereocenters. The lowest BCUT2D eigenvalue weighted by Gasteiger charge is -2.28. The number of unbranched alkanes of at least 4 members (excludes halogenated alkanes) is 2. The Bertz CT molecular complexity index is 797. The maximum Gasteiger partial charge on any atom is 0.321 e. The van der Waals surface area contributed by atoms with Gasteiger partial charge in [-0.05, 0) is 57.0 Å². The number of ether oxygens (including phenoxy) is 1. The van der Waals surface area contributed by atoms with E-state index in [9.17, 15) is 25.2 Å². The van der Waals surface area contributed by atoms with Gasteiger partial charge in [0.25, 0.3) is 0 Å². The molecule has 1 aromatic carbocycles. The van der Waals surface area contributed by atoms with Crippen molar-refractivity contribution in [3.8, 4) is 11.5 Å². The Morgan fingerprint density at radius 3 is 2.25 bits per heavy atom. The fourth-order valence-corrected chi connectivity index (χ4v) is 5.52. The van der Waals surface area contributed by atoms with Gasteiger partial charge < -0.3 is 30.5 Å². The molecule has 0 bridgehead atoms. The van der Waals surface area contributed by atoms with Crippen LogP contribution in [0.2, 0.25) is 0 Å². The molecule has 40 heavy (non-hydrogen) atoms. The smallest absolute Gasteiger partial charge is 0.321 e. The Morgan fingerprint density at radius 2 is 1.77 bits per heavy atom. The molecule has 0 radical (unpaired) electrons. The standard InChI is InChI=1S/C16H31ClO2S.C12H17NO4S.C2H6/c1-5-7-8-9-14(19)10-11-15(13(4)18)16(12(3)17)20-6-2;1-13-6-10(15)8-3-4-11(9(14)5-8)17-12(16)7-18-2;1-2/h10-16,18-19H,5-9H2,1-4H3;3-5,10,13-15H,6-7H2,1-2H3;1-2H3/b11-10+;;/t12?,13?,14?,15-,16-;;/m0../s1. The summed E-state index contributed by atoms with van der Waals surface area (Å²) in [4.78, 5) is 11.3. The Morgan fingerprint density at radius 1 is 1.12 bits per heavy atom. The third kappa shape index (κ3) is 18.5. The van der Waals surface area contributed by atoms with Crippen molar-refractivity contribution in [1.82, 2.24) is 5.32 Å². The van der Waals surface area contributed by atoms with Crippen molar-refractivity contribution in [2.24, 2.45) is 5.92 Å². The average molecular weight is 624 g/mol. The van der Waals surface area contributed by atoms with Crippen LogP contribution in [0.5, 0.6) is 11.5 Å². The second-order valence-corrected chi connectivity index (χ2v) is 12.1. The first-order valence-electron chi connectivity index (χ1n) is 14.2. The summed E-state index contributed by atoms with van der Waals surface area (Å²) < 4.78 is 4.97. The van der Waals surface area contributed by atoms with E-state index in [4.69, 9.17) is 16.3 Å². The van der Waals surface area contributed by atoms with Crippen molar-refractivity contribution in [2.45, 2.75) is 96.2 Å². The molecule has 0 saturated heterocycles. The molecule has 0 aliphatic rings. The molecule has 6 atom stereocenters. The second kappa shape index (κ2) is 25.7. The number of hydrogen-bond donors (Lipinski definition) is 5. The maximum absolute atomic E-state index is 11.3. The average Bonchev–Trinajstić information content (AvgIpc) is 2.91. The van der Waals surface area contributed by atoms with E-state index in [1.165, 1.54) is 23.9 Å². The summed E-state index contributed by atoms with van der Waals surface area (Å²) in [6.07, 6.45) is 8.13. The van der Waals surface area contributed by atoms with Crippen LogP contribution in [0.4, 0.5) is 0 Å². The van der Waals surface area contributed by atoms with Gasteiger partial charge in [0.15, 0.2) is 11.5 Å². The number of esters is 1. The predicted molar refractivity (Wildman–Crippen MR) is 174 cm³/mol. The number of carbonyl (C=O) groups excluding carboxylic acids is 1. The summed E-state index contributed by atoms with van der Waals surface area (Å²) >= 11 is 9.37. The van der Waals surface area contributed by atoms with Gasteiger partial charge in [-0.15, -0.1) is 11.6 Å². The summed E-state index contributed by atoms with van der Waals surface area (Å²) in [5.74, 6) is 0.711. The van der Waals surface area contributed by atoms with E-state index in [-0.39, 0.29) is 33.8 Å². The normalized spacial score (nSPS) is 15.5. The van der Waals surface area contributed by atoms with Gasteiger partial charge in [-0.3, -0.25) is 4.79 Å². The number of nitrogens with one attached hydrogen (secondary N) is 1. The first kappa shape index (κ1) is 41.2. The number of carbonyl (C=O) groups is 1. The first-order valence-corrected chi connectivity index (χ1v) is 17.0. The topological polar surface area (TPSA) is 119 Å². The highest BCUT2D eigenvalue weighted by Gasteiger charge is 2.27. The summed E-state index contributed by atoms with van der Waals surface area (Å²) in [5.41, 5.74) is 0.562. The molecular formula is C30H54ClNO6S2. The third-order valence-electron chi connectivity index (χ3n) is 5.66. The molecular weight excluding hydrogens is 570 g/mol. The zero-order valence-electron chi connectivity index (χ0n) is 25.6. The van der Waals surface area contributed by atoms with Gasteiger partial charge >= 0.3 is 5.97 Å². The molecule has 0 spiro atoms. The van der Waals surface area contributed by atoms with Crippen LogP contribution in [-0.4, -0.2) is 80.6 Å². The van der Waals surface area contributed by atoms with Crippen molar-refractivity contribution >= 4 is 41.1 Å². The molecule has 234 valence electrons. The van der Waals surface area contributed by atoms with Gasteiger partial charge in [0, 0.05) is 23.1 Å². The van der Waals surface area contributed by atoms with E-state index < -0.39 is 24.3 Å². The van der Waals surface area contributed by atoms with Crippen LogP contribution in [0.1, 0.15) is 78.9 Å². The van der Waals surface area contributed by atoms with Gasteiger partial charge in [0.1, 0.15) is 0 Å². The van der Waals surface area contributed by atoms with E-state index in [1.807, 2.05) is 32.9 Å². The van der Waals surface area contributed by atoms with Gasteiger partial charge in [-0.25, -0.2) is 0 Å². The van der Waals surface area contributed by atoms with Crippen molar-refractivity contribution in [2.75, 3.05) is 31.4 Å². The zero-order valence-corrected chi connectivity index (χ0v) is 28.0. The number of phenols is 1. The van der Waals surface area contributed by atoms with Gasteiger partial charge in [-0.1, -0.05) is 65.2 Å². The minimum absolute atomic E-state index is 0.0126. The van der Waals surface area contributed by atoms with Crippen molar-refractivity contribution in [3.05, 3.63) is 35.9 Å². The lowest BCUT2D eigenvalue weighted by Crippen LogP contribution is -2.32. The van der Waals surface area contributed by atoms with Crippen molar-refractivity contribution in [1.29, 1.82) is 0 Å². The van der Waals surface area contributed by atoms with Crippen LogP contribution in [0.3, 0.4) is 0 Å². The SMILES string of the molecule is CC.CCCCCC(O)/C=C/[C@@H](C(C)O)[C@@H](SCC)C(C)Cl.CNCC(O)c1ccc(OC(=O)CSC)c(O)c1. The quantitative estimate of drug-likeness (QED) is 0.0456. The van der Waals surface area contributed by atoms with Crippen LogP contribution >= 0.6 is 35.1 Å². The highest BCUT2D eigenvalue weighted by atomic mass is 35.5. The highest BCUT2D eigenvalue weighted by molar-refractivity contribution is 8.00. The Kier molecular flexibility index (Phi) is 26.5. The minimum Gasteiger partial charge on any atom is -0.504 e. The third-order valence-corrected chi connectivity index (χ3v) is 8.04. The highest BCUT2D eigenvalue weighted by Crippen LogP contribution is 2.30. The molecule has 0 heterocycles. The van der Waals surface area contributed by atoms with Crippen LogP contribution in [-0.2, 0) is 4.79 Å². The number of aliphatic hydroxyl groups excluding tert-OH is 3. The molecule has 0 fully saturated rings. The van der Waals surface area contributed by atoms with Crippen molar-refractivity contribution in [3.63, 3.8) is 0 Å². The number of halogens is 1. The molecule has 5 N–H and O–H groups in total. The molecule has 1 rings (SSSR count). The molecule has 0 aliphatic heterocycles. The van der Waals surface area contributed by atoms with E-state index in [2.05, 4.69) is 19.2 Å². The van der Waals surface area contributed by atoms with Gasteiger partial charge in [0.2, 0.25) is 0 Å². The summed E-state index contributed by atoms with van der Waals surface area (Å²) in [6.45, 7) is 12.4. The Hall–Kier alpha value is -0.940. The first-order chi connectivity index (χ1) is 19.0. The number of hydrogen-bond acceptors (Lipinski definition) is 9. The van der Waals surface area contributed by atoms with Crippen LogP contribution < -0.4 is 10.1 Å². The van der Waals surface area contributed by atoms with Gasteiger partial charge in [0.05, 0.1) is 24.1 Å². The number of thioether (sulfide) groups is 2. The zero-order chi connectivity index (χ0) is 31.1.